The lowest BCUT2D eigenvalue weighted by molar-refractivity contribution is -0.134. The number of amides is 3. The van der Waals surface area contributed by atoms with Crippen molar-refractivity contribution in [3.05, 3.63) is 24.3 Å². The zero-order valence-electron chi connectivity index (χ0n) is 14.9. The molecule has 0 radical (unpaired) electrons. The molecule has 1 rings (SSSR count). The summed E-state index contributed by atoms with van der Waals surface area (Å²) in [5.41, 5.74) is 1.30. The van der Waals surface area contributed by atoms with Crippen LogP contribution in [-0.4, -0.2) is 60.7 Å². The number of carbonyl (C=O) groups excluding carboxylic acids is 3. The summed E-state index contributed by atoms with van der Waals surface area (Å²) in [5, 5.41) is 5.45. The van der Waals surface area contributed by atoms with Gasteiger partial charge in [0.2, 0.25) is 17.7 Å². The fourth-order valence-electron chi connectivity index (χ4n) is 2.28. The van der Waals surface area contributed by atoms with Crippen LogP contribution in [0.15, 0.2) is 24.3 Å². The Labute approximate surface area is 143 Å². The molecule has 0 saturated heterocycles. The zero-order chi connectivity index (χ0) is 18.3. The molecule has 0 heterocycles. The maximum Gasteiger partial charge on any atom is 0.239 e. The van der Waals surface area contributed by atoms with E-state index >= 15 is 0 Å². The number of nitrogens with zero attached hydrogens (tertiary/aromatic N) is 2. The molecule has 0 fully saturated rings. The number of rotatable bonds is 7. The largest absolute Gasteiger partial charge is 0.347 e. The summed E-state index contributed by atoms with van der Waals surface area (Å²) in [6.45, 7) is 5.86. The van der Waals surface area contributed by atoms with Crippen LogP contribution in [0.4, 0.5) is 11.4 Å². The molecule has 1 aromatic carbocycles. The molecule has 0 saturated carbocycles. The van der Waals surface area contributed by atoms with E-state index in [-0.39, 0.29) is 30.3 Å². The van der Waals surface area contributed by atoms with E-state index in [1.807, 2.05) is 11.8 Å². The van der Waals surface area contributed by atoms with Crippen molar-refractivity contribution in [2.24, 2.45) is 0 Å². The maximum atomic E-state index is 12.2. The van der Waals surface area contributed by atoms with Crippen molar-refractivity contribution in [1.82, 2.24) is 9.80 Å². The molecule has 7 nitrogen and oxygen atoms in total. The van der Waals surface area contributed by atoms with Crippen molar-refractivity contribution < 1.29 is 14.4 Å². The highest BCUT2D eigenvalue weighted by molar-refractivity contribution is 5.93. The van der Waals surface area contributed by atoms with Gasteiger partial charge in [-0.15, -0.1) is 0 Å². The molecule has 0 unspecified atom stereocenters. The highest BCUT2D eigenvalue weighted by Gasteiger charge is 2.23. The van der Waals surface area contributed by atoms with Crippen LogP contribution in [0.2, 0.25) is 0 Å². The van der Waals surface area contributed by atoms with Gasteiger partial charge in [-0.1, -0.05) is 6.92 Å². The Morgan fingerprint density at radius 2 is 1.54 bits per heavy atom. The number of carbonyl (C=O) groups is 3. The van der Waals surface area contributed by atoms with Gasteiger partial charge in [0.25, 0.3) is 0 Å². The van der Waals surface area contributed by atoms with Crippen molar-refractivity contribution in [3.8, 4) is 0 Å². The van der Waals surface area contributed by atoms with E-state index in [4.69, 9.17) is 0 Å². The first-order valence-corrected chi connectivity index (χ1v) is 7.87. The standard InChI is InChI=1S/C17H26N4O3/c1-6-21(12(2)17(24)20(4)5)11-16(23)19-15-9-7-14(8-10-15)18-13(3)22/h7-10,12H,6,11H2,1-5H3,(H,18,22)(H,19,23)/t12-/m0/s1. The fourth-order valence-corrected chi connectivity index (χ4v) is 2.28. The second kappa shape index (κ2) is 9.02. The Hall–Kier alpha value is -2.41. The third kappa shape index (κ3) is 6.00. The van der Waals surface area contributed by atoms with E-state index in [2.05, 4.69) is 10.6 Å². The highest BCUT2D eigenvalue weighted by Crippen LogP contribution is 2.13. The summed E-state index contributed by atoms with van der Waals surface area (Å²) in [4.78, 5) is 38.5. The smallest absolute Gasteiger partial charge is 0.239 e. The summed E-state index contributed by atoms with van der Waals surface area (Å²) in [5.74, 6) is -0.378. The maximum absolute atomic E-state index is 12.2. The van der Waals surface area contributed by atoms with Crippen molar-refractivity contribution in [3.63, 3.8) is 0 Å². The molecule has 0 aromatic heterocycles. The Bertz CT molecular complexity index is 584. The van der Waals surface area contributed by atoms with Crippen LogP contribution in [0, 0.1) is 0 Å². The molecule has 0 aliphatic heterocycles. The van der Waals surface area contributed by atoms with E-state index in [1.165, 1.54) is 11.8 Å². The van der Waals surface area contributed by atoms with Gasteiger partial charge in [-0.2, -0.15) is 0 Å². The summed E-state index contributed by atoms with van der Waals surface area (Å²) >= 11 is 0. The molecule has 24 heavy (non-hydrogen) atoms. The number of benzene rings is 1. The second-order valence-electron chi connectivity index (χ2n) is 5.78. The van der Waals surface area contributed by atoms with Gasteiger partial charge in [-0.3, -0.25) is 19.3 Å². The Balaban J connectivity index is 2.63. The number of likely N-dealkylation sites (N-methyl/N-ethyl adjacent to an activating group) is 2. The van der Waals surface area contributed by atoms with Gasteiger partial charge in [0.1, 0.15) is 0 Å². The van der Waals surface area contributed by atoms with E-state index in [0.29, 0.717) is 17.9 Å². The van der Waals surface area contributed by atoms with E-state index in [0.717, 1.165) is 0 Å². The van der Waals surface area contributed by atoms with E-state index in [1.54, 1.807) is 45.3 Å². The van der Waals surface area contributed by atoms with Gasteiger partial charge < -0.3 is 15.5 Å². The summed E-state index contributed by atoms with van der Waals surface area (Å²) in [6, 6.07) is 6.50. The molecule has 1 aromatic rings. The van der Waals surface area contributed by atoms with Gasteiger partial charge in [-0.25, -0.2) is 0 Å². The molecular formula is C17H26N4O3. The second-order valence-corrected chi connectivity index (χ2v) is 5.78. The molecule has 7 heteroatoms. The number of anilines is 2. The van der Waals surface area contributed by atoms with Crippen LogP contribution < -0.4 is 10.6 Å². The molecule has 0 aliphatic rings. The molecule has 1 atom stereocenters. The summed E-state index contributed by atoms with van der Waals surface area (Å²) in [6.07, 6.45) is 0. The minimum absolute atomic E-state index is 0.0377. The van der Waals surface area contributed by atoms with E-state index in [9.17, 15) is 14.4 Å². The minimum Gasteiger partial charge on any atom is -0.347 e. The fraction of sp³-hybridized carbons (Fsp3) is 0.471. The van der Waals surface area contributed by atoms with Crippen LogP contribution in [-0.2, 0) is 14.4 Å². The zero-order valence-corrected chi connectivity index (χ0v) is 14.9. The van der Waals surface area contributed by atoms with Crippen molar-refractivity contribution >= 4 is 29.1 Å². The predicted molar refractivity (Wildman–Crippen MR) is 94.8 cm³/mol. The lowest BCUT2D eigenvalue weighted by Gasteiger charge is -2.28. The first-order valence-electron chi connectivity index (χ1n) is 7.87. The highest BCUT2D eigenvalue weighted by atomic mass is 16.2. The van der Waals surface area contributed by atoms with Crippen LogP contribution >= 0.6 is 0 Å². The average Bonchev–Trinajstić information content (AvgIpc) is 2.52. The summed E-state index contributed by atoms with van der Waals surface area (Å²) < 4.78 is 0. The van der Waals surface area contributed by atoms with Crippen LogP contribution in [0.25, 0.3) is 0 Å². The van der Waals surface area contributed by atoms with Crippen LogP contribution in [0.5, 0.6) is 0 Å². The normalized spacial score (nSPS) is 11.8. The monoisotopic (exact) mass is 334 g/mol. The quantitative estimate of drug-likeness (QED) is 0.789. The molecule has 0 spiro atoms. The minimum atomic E-state index is -0.363. The van der Waals surface area contributed by atoms with Crippen molar-refractivity contribution in [2.75, 3.05) is 37.8 Å². The third-order valence-electron chi connectivity index (χ3n) is 3.59. The van der Waals surface area contributed by atoms with Gasteiger partial charge >= 0.3 is 0 Å². The Morgan fingerprint density at radius 3 is 1.96 bits per heavy atom. The predicted octanol–water partition coefficient (Wildman–Crippen LogP) is 1.38. The molecule has 2 N–H and O–H groups in total. The lowest BCUT2D eigenvalue weighted by atomic mass is 10.2. The Kier molecular flexibility index (Phi) is 7.38. The van der Waals surface area contributed by atoms with Crippen molar-refractivity contribution in [2.45, 2.75) is 26.8 Å². The molecule has 0 bridgehead atoms. The van der Waals surface area contributed by atoms with Crippen molar-refractivity contribution in [1.29, 1.82) is 0 Å². The number of hydrogen-bond acceptors (Lipinski definition) is 4. The summed E-state index contributed by atoms with van der Waals surface area (Å²) in [7, 11) is 3.40. The van der Waals surface area contributed by atoms with Gasteiger partial charge in [0.15, 0.2) is 0 Å². The van der Waals surface area contributed by atoms with Gasteiger partial charge in [-0.05, 0) is 37.7 Å². The molecular weight excluding hydrogens is 308 g/mol. The molecule has 132 valence electrons. The third-order valence-corrected chi connectivity index (χ3v) is 3.59. The van der Waals surface area contributed by atoms with Crippen LogP contribution in [0.3, 0.4) is 0 Å². The molecule has 3 amide bonds. The first kappa shape index (κ1) is 19.6. The van der Waals surface area contributed by atoms with E-state index < -0.39 is 0 Å². The molecule has 0 aliphatic carbocycles. The Morgan fingerprint density at radius 1 is 1.04 bits per heavy atom. The topological polar surface area (TPSA) is 81.8 Å². The van der Waals surface area contributed by atoms with Gasteiger partial charge in [0.05, 0.1) is 12.6 Å². The SMILES string of the molecule is CCN(CC(=O)Nc1ccc(NC(C)=O)cc1)[C@@H](C)C(=O)N(C)C. The average molecular weight is 334 g/mol. The number of hydrogen-bond donors (Lipinski definition) is 2. The van der Waals surface area contributed by atoms with Crippen LogP contribution in [0.1, 0.15) is 20.8 Å². The van der Waals surface area contributed by atoms with Gasteiger partial charge in [0, 0.05) is 32.4 Å². The number of nitrogens with one attached hydrogen (secondary N) is 2. The first-order chi connectivity index (χ1) is 11.2. The lowest BCUT2D eigenvalue weighted by Crippen LogP contribution is -2.47.